The van der Waals surface area contributed by atoms with Crippen LogP contribution in [-0.4, -0.2) is 28.6 Å². The molecule has 1 aliphatic rings. The predicted molar refractivity (Wildman–Crippen MR) is 83.2 cm³/mol. The molecule has 1 aliphatic carbocycles. The lowest BCUT2D eigenvalue weighted by atomic mass is 9.85. The van der Waals surface area contributed by atoms with Crippen LogP contribution in [0.3, 0.4) is 0 Å². The number of hydrogen-bond donors (Lipinski definition) is 3. The van der Waals surface area contributed by atoms with Crippen LogP contribution >= 0.6 is 0 Å². The van der Waals surface area contributed by atoms with Crippen LogP contribution < -0.4 is 5.32 Å². The van der Waals surface area contributed by atoms with Crippen LogP contribution in [-0.2, 0) is 0 Å². The Morgan fingerprint density at radius 1 is 1.29 bits per heavy atom. The van der Waals surface area contributed by atoms with Crippen molar-refractivity contribution in [3.05, 3.63) is 36.0 Å². The van der Waals surface area contributed by atoms with Gasteiger partial charge in [-0.3, -0.25) is 4.79 Å². The van der Waals surface area contributed by atoms with Crippen LogP contribution in [0.25, 0.3) is 10.9 Å². The minimum atomic E-state index is -0.431. The average molecular weight is 286 g/mol. The first-order valence-corrected chi connectivity index (χ1v) is 7.78. The predicted octanol–water partition coefficient (Wildman–Crippen LogP) is 2.84. The number of aliphatic hydroxyl groups is 1. The smallest absolute Gasteiger partial charge is 0.252 e. The number of fused-ring (bicyclic) bond motifs is 1. The fourth-order valence-electron chi connectivity index (χ4n) is 3.26. The summed E-state index contributed by atoms with van der Waals surface area (Å²) >= 11 is 0. The van der Waals surface area contributed by atoms with Gasteiger partial charge < -0.3 is 15.4 Å². The molecule has 1 aromatic carbocycles. The number of rotatable bonds is 4. The topological polar surface area (TPSA) is 65.1 Å². The maximum Gasteiger partial charge on any atom is 0.252 e. The highest BCUT2D eigenvalue weighted by Crippen LogP contribution is 2.26. The van der Waals surface area contributed by atoms with Crippen molar-refractivity contribution >= 4 is 16.8 Å². The molecule has 1 heterocycles. The molecule has 3 N–H and O–H groups in total. The third-order valence-electron chi connectivity index (χ3n) is 4.51. The standard InChI is InChI=1S/C17H22N2O2/c20-16(12-5-2-1-3-6-12)11-19-17(21)14-7-4-8-15-13(14)9-10-18-15/h4,7-10,12,16,18,20H,1-3,5-6,11H2,(H,19,21)/t16-/m1/s1. The minimum absolute atomic E-state index is 0.116. The Balaban J connectivity index is 1.62. The molecule has 0 bridgehead atoms. The second-order valence-corrected chi connectivity index (χ2v) is 5.92. The van der Waals surface area contributed by atoms with Gasteiger partial charge in [-0.1, -0.05) is 25.3 Å². The molecule has 1 atom stereocenters. The van der Waals surface area contributed by atoms with Gasteiger partial charge in [0.15, 0.2) is 0 Å². The molecule has 0 radical (unpaired) electrons. The lowest BCUT2D eigenvalue weighted by molar-refractivity contribution is 0.0739. The summed E-state index contributed by atoms with van der Waals surface area (Å²) < 4.78 is 0. The number of benzene rings is 1. The van der Waals surface area contributed by atoms with Gasteiger partial charge in [-0.2, -0.15) is 0 Å². The molecule has 3 rings (SSSR count). The summed E-state index contributed by atoms with van der Waals surface area (Å²) in [6.45, 7) is 0.338. The second kappa shape index (κ2) is 6.31. The molecule has 112 valence electrons. The molecule has 21 heavy (non-hydrogen) atoms. The van der Waals surface area contributed by atoms with Crippen LogP contribution in [0.1, 0.15) is 42.5 Å². The zero-order valence-corrected chi connectivity index (χ0v) is 12.1. The third-order valence-corrected chi connectivity index (χ3v) is 4.51. The third kappa shape index (κ3) is 3.10. The molecule has 1 aromatic heterocycles. The van der Waals surface area contributed by atoms with E-state index in [0.29, 0.717) is 18.0 Å². The number of nitrogens with one attached hydrogen (secondary N) is 2. The Labute approximate surface area is 124 Å². The van der Waals surface area contributed by atoms with Crippen molar-refractivity contribution < 1.29 is 9.90 Å². The van der Waals surface area contributed by atoms with E-state index in [1.54, 1.807) is 0 Å². The van der Waals surface area contributed by atoms with Crippen LogP contribution in [0.2, 0.25) is 0 Å². The molecule has 0 aliphatic heterocycles. The second-order valence-electron chi connectivity index (χ2n) is 5.92. The highest BCUT2D eigenvalue weighted by molar-refractivity contribution is 6.06. The zero-order valence-electron chi connectivity index (χ0n) is 12.1. The fraction of sp³-hybridized carbons (Fsp3) is 0.471. The normalized spacial score (nSPS) is 17.8. The van der Waals surface area contributed by atoms with E-state index in [1.165, 1.54) is 19.3 Å². The molecule has 0 saturated heterocycles. The summed E-state index contributed by atoms with van der Waals surface area (Å²) in [6.07, 6.45) is 7.20. The van der Waals surface area contributed by atoms with Crippen molar-refractivity contribution in [3.63, 3.8) is 0 Å². The number of amides is 1. The molecule has 2 aromatic rings. The number of hydrogen-bond acceptors (Lipinski definition) is 2. The summed E-state index contributed by atoms with van der Waals surface area (Å²) in [7, 11) is 0. The molecule has 0 spiro atoms. The summed E-state index contributed by atoms with van der Waals surface area (Å²) in [4.78, 5) is 15.4. The summed E-state index contributed by atoms with van der Waals surface area (Å²) in [6, 6.07) is 7.54. The van der Waals surface area contributed by atoms with Crippen LogP contribution in [0.4, 0.5) is 0 Å². The van der Waals surface area contributed by atoms with Gasteiger partial charge in [0.25, 0.3) is 5.91 Å². The van der Waals surface area contributed by atoms with E-state index < -0.39 is 6.10 Å². The maximum absolute atomic E-state index is 12.3. The van der Waals surface area contributed by atoms with Crippen molar-refractivity contribution in [2.24, 2.45) is 5.92 Å². The van der Waals surface area contributed by atoms with Crippen molar-refractivity contribution in [2.45, 2.75) is 38.2 Å². The highest BCUT2D eigenvalue weighted by atomic mass is 16.3. The SMILES string of the molecule is O=C(NC[C@@H](O)C1CCCCC1)c1cccc2[nH]ccc12. The molecule has 4 nitrogen and oxygen atoms in total. The van der Waals surface area contributed by atoms with Crippen molar-refractivity contribution in [1.29, 1.82) is 0 Å². The molecule has 1 amide bonds. The first-order valence-electron chi connectivity index (χ1n) is 7.78. The number of H-pyrrole nitrogens is 1. The van der Waals surface area contributed by atoms with E-state index in [2.05, 4.69) is 10.3 Å². The molecular formula is C17H22N2O2. The lowest BCUT2D eigenvalue weighted by Crippen LogP contribution is -2.37. The van der Waals surface area contributed by atoms with Gasteiger partial charge in [0.1, 0.15) is 0 Å². The molecule has 4 heteroatoms. The van der Waals surface area contributed by atoms with Crippen LogP contribution in [0, 0.1) is 5.92 Å². The number of carbonyl (C=O) groups is 1. The Kier molecular flexibility index (Phi) is 4.25. The van der Waals surface area contributed by atoms with Crippen LogP contribution in [0.15, 0.2) is 30.5 Å². The summed E-state index contributed by atoms with van der Waals surface area (Å²) in [5.74, 6) is 0.220. The van der Waals surface area contributed by atoms with E-state index in [1.807, 2.05) is 30.5 Å². The van der Waals surface area contributed by atoms with Gasteiger partial charge >= 0.3 is 0 Å². The van der Waals surface area contributed by atoms with Crippen molar-refractivity contribution in [1.82, 2.24) is 10.3 Å². The average Bonchev–Trinajstić information content (AvgIpc) is 3.01. The molecule has 0 unspecified atom stereocenters. The van der Waals surface area contributed by atoms with Crippen molar-refractivity contribution in [2.75, 3.05) is 6.54 Å². The number of aliphatic hydroxyl groups excluding tert-OH is 1. The molecular weight excluding hydrogens is 264 g/mol. The molecule has 1 saturated carbocycles. The van der Waals surface area contributed by atoms with Gasteiger partial charge in [-0.05, 0) is 37.0 Å². The van der Waals surface area contributed by atoms with Crippen molar-refractivity contribution in [3.8, 4) is 0 Å². The summed E-state index contributed by atoms with van der Waals surface area (Å²) in [5, 5.41) is 14.0. The lowest BCUT2D eigenvalue weighted by Gasteiger charge is -2.26. The largest absolute Gasteiger partial charge is 0.391 e. The Morgan fingerprint density at radius 2 is 2.10 bits per heavy atom. The van der Waals surface area contributed by atoms with Gasteiger partial charge in [0, 0.05) is 29.2 Å². The molecule has 1 fully saturated rings. The maximum atomic E-state index is 12.3. The first kappa shape index (κ1) is 14.1. The summed E-state index contributed by atoms with van der Waals surface area (Å²) in [5.41, 5.74) is 1.61. The van der Waals surface area contributed by atoms with Crippen LogP contribution in [0.5, 0.6) is 0 Å². The van der Waals surface area contributed by atoms with E-state index in [-0.39, 0.29) is 5.91 Å². The Bertz CT molecular complexity index is 614. The Morgan fingerprint density at radius 3 is 2.90 bits per heavy atom. The van der Waals surface area contributed by atoms with E-state index in [9.17, 15) is 9.90 Å². The van der Waals surface area contributed by atoms with Gasteiger partial charge in [-0.25, -0.2) is 0 Å². The van der Waals surface area contributed by atoms with Gasteiger partial charge in [0.05, 0.1) is 6.10 Å². The monoisotopic (exact) mass is 286 g/mol. The number of carbonyl (C=O) groups excluding carboxylic acids is 1. The fourth-order valence-corrected chi connectivity index (χ4v) is 3.26. The quantitative estimate of drug-likeness (QED) is 0.809. The number of aromatic nitrogens is 1. The zero-order chi connectivity index (χ0) is 14.7. The van der Waals surface area contributed by atoms with E-state index in [0.717, 1.165) is 23.7 Å². The van der Waals surface area contributed by atoms with E-state index in [4.69, 9.17) is 0 Å². The Hall–Kier alpha value is -1.81. The first-order chi connectivity index (χ1) is 10.3. The minimum Gasteiger partial charge on any atom is -0.391 e. The highest BCUT2D eigenvalue weighted by Gasteiger charge is 2.22. The number of aromatic amines is 1. The van der Waals surface area contributed by atoms with Gasteiger partial charge in [-0.15, -0.1) is 0 Å². The van der Waals surface area contributed by atoms with Gasteiger partial charge in [0.2, 0.25) is 0 Å². The van der Waals surface area contributed by atoms with E-state index >= 15 is 0 Å².